The molecule has 1 aliphatic heterocycles. The number of fused-ring (bicyclic) bond motifs is 1. The van der Waals surface area contributed by atoms with E-state index in [2.05, 4.69) is 25.2 Å². The summed E-state index contributed by atoms with van der Waals surface area (Å²) >= 11 is 0. The average Bonchev–Trinajstić information content (AvgIpc) is 3.41. The number of carbonyl (C=O) groups is 2. The summed E-state index contributed by atoms with van der Waals surface area (Å²) in [4.78, 5) is 25.1. The molecular formula is C22H35NO3. The third-order valence-corrected chi connectivity index (χ3v) is 7.57. The molecule has 26 heavy (non-hydrogen) atoms. The molecule has 1 heterocycles. The summed E-state index contributed by atoms with van der Waals surface area (Å²) in [7, 11) is 0. The largest absolute Gasteiger partial charge is 0.392 e. The minimum Gasteiger partial charge on any atom is -0.392 e. The fourth-order valence-electron chi connectivity index (χ4n) is 5.34. The van der Waals surface area contributed by atoms with Crippen molar-refractivity contribution >= 4 is 11.7 Å². The lowest BCUT2D eigenvalue weighted by atomic mass is 9.73. The van der Waals surface area contributed by atoms with Gasteiger partial charge in [-0.3, -0.25) is 9.59 Å². The number of aliphatic hydroxyl groups excluding tert-OH is 1. The lowest BCUT2D eigenvalue weighted by Gasteiger charge is -2.32. The molecule has 5 unspecified atom stereocenters. The third kappa shape index (κ3) is 3.15. The minimum absolute atomic E-state index is 0.00837. The molecule has 4 nitrogen and oxygen atoms in total. The van der Waals surface area contributed by atoms with Gasteiger partial charge in [-0.1, -0.05) is 59.1 Å². The average molecular weight is 362 g/mol. The van der Waals surface area contributed by atoms with Crippen LogP contribution in [0.4, 0.5) is 0 Å². The Balaban J connectivity index is 1.69. The zero-order valence-corrected chi connectivity index (χ0v) is 17.0. The van der Waals surface area contributed by atoms with E-state index in [9.17, 15) is 14.7 Å². The smallest absolute Gasteiger partial charge is 0.222 e. The Kier molecular flexibility index (Phi) is 4.88. The first-order valence-corrected chi connectivity index (χ1v) is 10.3. The number of allylic oxidation sites excluding steroid dienone is 2. The highest BCUT2D eigenvalue weighted by atomic mass is 16.3. The Morgan fingerprint density at radius 1 is 1.15 bits per heavy atom. The van der Waals surface area contributed by atoms with Gasteiger partial charge < -0.3 is 10.4 Å². The van der Waals surface area contributed by atoms with Gasteiger partial charge in [0, 0.05) is 23.3 Å². The van der Waals surface area contributed by atoms with Gasteiger partial charge in [0.05, 0.1) is 17.9 Å². The van der Waals surface area contributed by atoms with Crippen molar-refractivity contribution in [2.24, 2.45) is 28.1 Å². The Morgan fingerprint density at radius 3 is 2.50 bits per heavy atom. The van der Waals surface area contributed by atoms with Crippen LogP contribution in [0.25, 0.3) is 0 Å². The highest BCUT2D eigenvalue weighted by Crippen LogP contribution is 2.84. The Bertz CT molecular complexity index is 637. The maximum absolute atomic E-state index is 12.9. The van der Waals surface area contributed by atoms with Crippen LogP contribution in [-0.4, -0.2) is 29.4 Å². The minimum atomic E-state index is -0.945. The molecular weight excluding hydrogens is 326 g/mol. The maximum Gasteiger partial charge on any atom is 0.222 e. The molecule has 2 N–H and O–H groups in total. The molecule has 2 fully saturated rings. The molecule has 4 heteroatoms. The number of nitrogens with one attached hydrogen (secondary N) is 1. The monoisotopic (exact) mass is 361 g/mol. The molecule has 1 spiro atoms. The van der Waals surface area contributed by atoms with Crippen molar-refractivity contribution in [2.45, 2.75) is 79.2 Å². The number of hydrogen-bond acceptors (Lipinski definition) is 3. The second-order valence-corrected chi connectivity index (χ2v) is 9.90. The molecule has 3 rings (SSSR count). The van der Waals surface area contributed by atoms with Gasteiger partial charge in [-0.05, 0) is 25.2 Å². The van der Waals surface area contributed by atoms with Crippen LogP contribution >= 0.6 is 0 Å². The normalized spacial score (nSPS) is 43.6. The fourth-order valence-corrected chi connectivity index (χ4v) is 5.34. The number of amides is 1. The summed E-state index contributed by atoms with van der Waals surface area (Å²) in [6.07, 6.45) is 6.78. The second kappa shape index (κ2) is 6.47. The second-order valence-electron chi connectivity index (χ2n) is 9.90. The van der Waals surface area contributed by atoms with E-state index < -0.39 is 11.5 Å². The molecule has 0 bridgehead atoms. The Labute approximate surface area is 157 Å². The quantitative estimate of drug-likeness (QED) is 0.648. The fraction of sp³-hybridized carbons (Fsp3) is 0.818. The van der Waals surface area contributed by atoms with E-state index in [0.29, 0.717) is 17.9 Å². The number of aliphatic hydroxyl groups is 1. The molecule has 0 radical (unpaired) electrons. The number of rotatable bonds is 0. The van der Waals surface area contributed by atoms with Crippen LogP contribution in [0.15, 0.2) is 11.6 Å². The first kappa shape index (κ1) is 19.6. The van der Waals surface area contributed by atoms with E-state index in [1.54, 1.807) is 19.4 Å². The van der Waals surface area contributed by atoms with E-state index >= 15 is 0 Å². The first-order chi connectivity index (χ1) is 12.0. The predicted molar refractivity (Wildman–Crippen MR) is 102 cm³/mol. The highest BCUT2D eigenvalue weighted by Gasteiger charge is 2.76. The molecule has 2 aliphatic carbocycles. The molecule has 146 valence electrons. The van der Waals surface area contributed by atoms with Gasteiger partial charge in [0.2, 0.25) is 5.91 Å². The Hall–Kier alpha value is -1.16. The topological polar surface area (TPSA) is 66.4 Å². The van der Waals surface area contributed by atoms with Crippen molar-refractivity contribution in [1.29, 1.82) is 0 Å². The third-order valence-electron chi connectivity index (χ3n) is 7.57. The van der Waals surface area contributed by atoms with Crippen LogP contribution in [0, 0.1) is 28.1 Å². The van der Waals surface area contributed by atoms with E-state index in [1.165, 1.54) is 12.8 Å². The van der Waals surface area contributed by atoms with Gasteiger partial charge in [0.1, 0.15) is 5.78 Å². The number of carbonyl (C=O) groups excluding carboxylic acids is 2. The van der Waals surface area contributed by atoms with Crippen molar-refractivity contribution in [3.8, 4) is 0 Å². The summed E-state index contributed by atoms with van der Waals surface area (Å²) in [5, 5.41) is 13.5. The van der Waals surface area contributed by atoms with E-state index in [4.69, 9.17) is 0 Å². The number of Topliss-reactive ketones (excluding diaryl/α,β-unsaturated/α-hetero) is 1. The standard InChI is InChI=1S/C22H35NO3/c1-14-7-6-8-21(5)16-13-22(16,21)9-10-23-18(25)12-17(24)20(3,4)19(26)15(2)11-14/h13-15,17,24H,6-12H2,1-5H3,(H,23,25). The highest BCUT2D eigenvalue weighted by molar-refractivity contribution is 5.87. The molecule has 0 aromatic carbocycles. The van der Waals surface area contributed by atoms with E-state index in [1.807, 2.05) is 6.92 Å². The van der Waals surface area contributed by atoms with Crippen LogP contribution < -0.4 is 5.32 Å². The molecule has 5 atom stereocenters. The van der Waals surface area contributed by atoms with Crippen LogP contribution in [0.5, 0.6) is 0 Å². The van der Waals surface area contributed by atoms with Gasteiger partial charge in [0.15, 0.2) is 0 Å². The molecule has 1 saturated heterocycles. The summed E-state index contributed by atoms with van der Waals surface area (Å²) in [6.45, 7) is 10.7. The number of ketones is 1. The van der Waals surface area contributed by atoms with Crippen molar-refractivity contribution in [3.05, 3.63) is 11.6 Å². The van der Waals surface area contributed by atoms with Gasteiger partial charge in [-0.25, -0.2) is 0 Å². The van der Waals surface area contributed by atoms with Crippen molar-refractivity contribution < 1.29 is 14.7 Å². The molecule has 3 aliphatic rings. The predicted octanol–water partition coefficient (Wildman–Crippen LogP) is 3.63. The lowest BCUT2D eigenvalue weighted by Crippen LogP contribution is -2.43. The van der Waals surface area contributed by atoms with Gasteiger partial charge in [-0.15, -0.1) is 0 Å². The lowest BCUT2D eigenvalue weighted by molar-refractivity contribution is -0.139. The van der Waals surface area contributed by atoms with Crippen LogP contribution in [-0.2, 0) is 9.59 Å². The summed E-state index contributed by atoms with van der Waals surface area (Å²) in [5.41, 5.74) is 1.31. The zero-order valence-electron chi connectivity index (χ0n) is 17.0. The van der Waals surface area contributed by atoms with Crippen molar-refractivity contribution in [2.75, 3.05) is 6.54 Å². The summed E-state index contributed by atoms with van der Waals surface area (Å²) < 4.78 is 0. The van der Waals surface area contributed by atoms with Crippen LogP contribution in [0.3, 0.4) is 0 Å². The van der Waals surface area contributed by atoms with Crippen LogP contribution in [0.1, 0.15) is 73.1 Å². The van der Waals surface area contributed by atoms with E-state index in [0.717, 1.165) is 19.3 Å². The summed E-state index contributed by atoms with van der Waals surface area (Å²) in [5.74, 6) is 0.315. The van der Waals surface area contributed by atoms with Crippen LogP contribution in [0.2, 0.25) is 0 Å². The van der Waals surface area contributed by atoms with E-state index in [-0.39, 0.29) is 29.4 Å². The zero-order chi connectivity index (χ0) is 19.3. The maximum atomic E-state index is 12.9. The van der Waals surface area contributed by atoms with Gasteiger partial charge in [-0.2, -0.15) is 0 Å². The number of hydrogen-bond donors (Lipinski definition) is 2. The van der Waals surface area contributed by atoms with Crippen molar-refractivity contribution in [1.82, 2.24) is 5.32 Å². The Morgan fingerprint density at radius 2 is 1.85 bits per heavy atom. The molecule has 0 aromatic heterocycles. The summed E-state index contributed by atoms with van der Waals surface area (Å²) in [6, 6.07) is 0. The molecule has 1 amide bonds. The molecule has 0 aromatic rings. The van der Waals surface area contributed by atoms with Crippen molar-refractivity contribution in [3.63, 3.8) is 0 Å². The van der Waals surface area contributed by atoms with Gasteiger partial charge >= 0.3 is 0 Å². The van der Waals surface area contributed by atoms with Gasteiger partial charge in [0.25, 0.3) is 0 Å². The first-order valence-electron chi connectivity index (χ1n) is 10.3. The molecule has 1 saturated carbocycles. The SMILES string of the molecule is CC1CCCC2(C)C3=CC32CCNC(=O)CC(O)C(C)(C)C(=O)C(C)C1.